The minimum Gasteiger partial charge on any atom is -0.396 e. The van der Waals surface area contributed by atoms with E-state index >= 15 is 0 Å². The average molecular weight is 268 g/mol. The molecule has 0 amide bonds. The number of pyridine rings is 1. The van der Waals surface area contributed by atoms with E-state index in [1.165, 1.54) is 6.07 Å². The van der Waals surface area contributed by atoms with Crippen molar-refractivity contribution in [3.63, 3.8) is 0 Å². The first-order valence-corrected chi connectivity index (χ1v) is 6.01. The Morgan fingerprint density at radius 3 is 2.50 bits per heavy atom. The van der Waals surface area contributed by atoms with Gasteiger partial charge in [0.1, 0.15) is 16.7 Å². The van der Waals surface area contributed by atoms with Gasteiger partial charge in [0.2, 0.25) is 0 Å². The van der Waals surface area contributed by atoms with E-state index < -0.39 is 37.3 Å². The molecule has 9 heteroatoms. The van der Waals surface area contributed by atoms with Gasteiger partial charge in [0, 0.05) is 16.9 Å². The number of aromatic nitrogens is 1. The van der Waals surface area contributed by atoms with Crippen molar-refractivity contribution in [3.05, 3.63) is 17.5 Å². The molecule has 0 saturated heterocycles. The number of nitrogen functional groups attached to an aromatic ring is 1. The van der Waals surface area contributed by atoms with E-state index in [1.54, 1.807) is 0 Å². The lowest BCUT2D eigenvalue weighted by Crippen LogP contribution is -2.07. The van der Waals surface area contributed by atoms with Crippen molar-refractivity contribution in [3.8, 4) is 6.07 Å². The van der Waals surface area contributed by atoms with Crippen molar-refractivity contribution in [2.24, 2.45) is 0 Å². The fourth-order valence-electron chi connectivity index (χ4n) is 1.04. The van der Waals surface area contributed by atoms with Crippen molar-refractivity contribution >= 4 is 25.4 Å². The second-order valence-electron chi connectivity index (χ2n) is 2.65. The Hall–Kier alpha value is -1.46. The number of halogens is 3. The van der Waals surface area contributed by atoms with Crippen molar-refractivity contribution in [1.29, 1.82) is 5.26 Å². The van der Waals surface area contributed by atoms with E-state index in [0.29, 0.717) is 6.20 Å². The summed E-state index contributed by atoms with van der Waals surface area (Å²) in [6, 6.07) is 1.46. The summed E-state index contributed by atoms with van der Waals surface area (Å²) >= 11 is 0. The maximum absolute atomic E-state index is 12.4. The molecule has 0 saturated carbocycles. The molecule has 0 aliphatic rings. The largest absolute Gasteiger partial charge is 0.396 e. The first-order valence-electron chi connectivity index (χ1n) is 3.70. The molecule has 2 N–H and O–H groups in total. The number of anilines is 1. The fourth-order valence-corrected chi connectivity index (χ4v) is 2.27. The predicted molar refractivity (Wildman–Crippen MR) is 51.4 cm³/mol. The molecule has 1 aromatic heterocycles. The van der Waals surface area contributed by atoms with Crippen LogP contribution in [-0.2, 0) is 9.05 Å². The summed E-state index contributed by atoms with van der Waals surface area (Å²) < 4.78 is 46.9. The van der Waals surface area contributed by atoms with Gasteiger partial charge >= 0.3 is 0 Å². The van der Waals surface area contributed by atoms with E-state index in [1.807, 2.05) is 0 Å². The first-order chi connectivity index (χ1) is 7.29. The van der Waals surface area contributed by atoms with Gasteiger partial charge < -0.3 is 5.73 Å². The summed E-state index contributed by atoms with van der Waals surface area (Å²) in [5, 5.41) is 8.58. The van der Waals surface area contributed by atoms with Crippen LogP contribution in [0.1, 0.15) is 17.7 Å². The molecule has 5 nitrogen and oxygen atoms in total. The van der Waals surface area contributed by atoms with E-state index in [0.717, 1.165) is 0 Å². The minimum atomic E-state index is -4.38. The third-order valence-electron chi connectivity index (χ3n) is 1.67. The summed E-state index contributed by atoms with van der Waals surface area (Å²) in [5.41, 5.74) is 2.99. The molecule has 0 aliphatic heterocycles. The van der Waals surface area contributed by atoms with Gasteiger partial charge in [-0.15, -0.1) is 0 Å². The highest BCUT2D eigenvalue weighted by molar-refractivity contribution is 8.14. The van der Waals surface area contributed by atoms with Crippen molar-refractivity contribution < 1.29 is 17.2 Å². The molecule has 0 atom stereocenters. The van der Waals surface area contributed by atoms with Gasteiger partial charge in [-0.05, 0) is 0 Å². The van der Waals surface area contributed by atoms with Gasteiger partial charge in [-0.1, -0.05) is 0 Å². The highest BCUT2D eigenvalue weighted by Gasteiger charge is 2.26. The van der Waals surface area contributed by atoms with Crippen LogP contribution < -0.4 is 5.73 Å². The highest BCUT2D eigenvalue weighted by atomic mass is 35.7. The molecule has 0 radical (unpaired) electrons. The van der Waals surface area contributed by atoms with Gasteiger partial charge in [-0.2, -0.15) is 5.26 Å². The van der Waals surface area contributed by atoms with Crippen LogP contribution in [0.15, 0.2) is 11.1 Å². The van der Waals surface area contributed by atoms with Gasteiger partial charge in [0.25, 0.3) is 15.5 Å². The van der Waals surface area contributed by atoms with E-state index in [9.17, 15) is 17.2 Å². The lowest BCUT2D eigenvalue weighted by atomic mass is 10.2. The monoisotopic (exact) mass is 267 g/mol. The molecular weight excluding hydrogens is 264 g/mol. The summed E-state index contributed by atoms with van der Waals surface area (Å²) in [4.78, 5) is 2.37. The third kappa shape index (κ3) is 2.20. The summed E-state index contributed by atoms with van der Waals surface area (Å²) in [6.45, 7) is 0. The van der Waals surface area contributed by atoms with Crippen LogP contribution in [-0.4, -0.2) is 13.4 Å². The zero-order chi connectivity index (χ0) is 12.5. The Bertz CT molecular complexity index is 568. The van der Waals surface area contributed by atoms with Crippen LogP contribution in [0, 0.1) is 11.3 Å². The van der Waals surface area contributed by atoms with Crippen LogP contribution in [0.4, 0.5) is 14.5 Å². The predicted octanol–water partition coefficient (Wildman–Crippen LogP) is 1.40. The maximum atomic E-state index is 12.4. The lowest BCUT2D eigenvalue weighted by Gasteiger charge is -2.08. The average Bonchev–Trinajstić information content (AvgIpc) is 2.14. The smallest absolute Gasteiger partial charge is 0.282 e. The van der Waals surface area contributed by atoms with Gasteiger partial charge in [0.05, 0.1) is 11.3 Å². The van der Waals surface area contributed by atoms with Crippen LogP contribution in [0.5, 0.6) is 0 Å². The molecule has 0 aliphatic carbocycles. The summed E-state index contributed by atoms with van der Waals surface area (Å²) in [5.74, 6) is 0. The SMILES string of the molecule is N#Cc1cnc(C(F)F)c(N)c1S(=O)(=O)Cl. The normalized spacial score (nSPS) is 11.4. The van der Waals surface area contributed by atoms with E-state index in [4.69, 9.17) is 21.7 Å². The van der Waals surface area contributed by atoms with Crippen LogP contribution in [0.2, 0.25) is 0 Å². The van der Waals surface area contributed by atoms with Crippen LogP contribution >= 0.6 is 10.7 Å². The number of nitriles is 1. The standard InChI is InChI=1S/C7H4ClF2N3O2S/c8-16(14,15)6-3(1-11)2-13-5(4(6)12)7(9)10/h2,7H,12H2. The van der Waals surface area contributed by atoms with E-state index in [2.05, 4.69) is 4.98 Å². The second kappa shape index (κ2) is 4.19. The molecule has 16 heavy (non-hydrogen) atoms. The molecule has 0 aromatic carbocycles. The van der Waals surface area contributed by atoms with E-state index in [-0.39, 0.29) is 0 Å². The van der Waals surface area contributed by atoms with Crippen molar-refractivity contribution in [1.82, 2.24) is 4.98 Å². The van der Waals surface area contributed by atoms with Crippen molar-refractivity contribution in [2.75, 3.05) is 5.73 Å². The number of nitrogens with two attached hydrogens (primary N) is 1. The Labute approximate surface area is 93.9 Å². The Morgan fingerprint density at radius 1 is 1.56 bits per heavy atom. The number of nitrogens with zero attached hydrogens (tertiary/aromatic N) is 2. The number of hydrogen-bond acceptors (Lipinski definition) is 5. The fraction of sp³-hybridized carbons (Fsp3) is 0.143. The Kier molecular flexibility index (Phi) is 3.30. The van der Waals surface area contributed by atoms with Gasteiger partial charge in [0.15, 0.2) is 0 Å². The van der Waals surface area contributed by atoms with Crippen LogP contribution in [0.3, 0.4) is 0 Å². The third-order valence-corrected chi connectivity index (χ3v) is 3.06. The summed E-state index contributed by atoms with van der Waals surface area (Å²) in [6.07, 6.45) is -2.36. The Morgan fingerprint density at radius 2 is 2.12 bits per heavy atom. The molecule has 1 rings (SSSR count). The topological polar surface area (TPSA) is 96.8 Å². The van der Waals surface area contributed by atoms with Gasteiger partial charge in [-0.25, -0.2) is 17.2 Å². The molecule has 0 spiro atoms. The molecule has 1 heterocycles. The molecule has 86 valence electrons. The first kappa shape index (κ1) is 12.6. The molecule has 0 bridgehead atoms. The number of rotatable bonds is 2. The number of hydrogen-bond donors (Lipinski definition) is 1. The molecule has 0 unspecified atom stereocenters. The van der Waals surface area contributed by atoms with Crippen molar-refractivity contribution in [2.45, 2.75) is 11.3 Å². The lowest BCUT2D eigenvalue weighted by molar-refractivity contribution is 0.147. The zero-order valence-electron chi connectivity index (χ0n) is 7.49. The second-order valence-corrected chi connectivity index (χ2v) is 5.15. The molecule has 0 fully saturated rings. The van der Waals surface area contributed by atoms with Crippen LogP contribution in [0.25, 0.3) is 0 Å². The Balaban J connectivity index is 3.69. The van der Waals surface area contributed by atoms with Gasteiger partial charge in [-0.3, -0.25) is 4.98 Å². The number of alkyl halides is 2. The molecule has 1 aromatic rings. The minimum absolute atomic E-state index is 0.475. The zero-order valence-corrected chi connectivity index (χ0v) is 9.06. The summed E-state index contributed by atoms with van der Waals surface area (Å²) in [7, 11) is 0.612. The quantitative estimate of drug-likeness (QED) is 0.817. The maximum Gasteiger partial charge on any atom is 0.282 e. The molecular formula is C7H4ClF2N3O2S. The highest BCUT2D eigenvalue weighted by Crippen LogP contribution is 2.32.